The summed E-state index contributed by atoms with van der Waals surface area (Å²) in [5.41, 5.74) is 5.63. The second-order valence-electron chi connectivity index (χ2n) is 3.69. The number of nitrogens with zero attached hydrogens (tertiary/aromatic N) is 2. The van der Waals surface area contributed by atoms with Crippen molar-refractivity contribution in [3.63, 3.8) is 0 Å². The number of hydrogen-bond donors (Lipinski definition) is 2. The largest absolute Gasteiger partial charge is 0.381 e. The van der Waals surface area contributed by atoms with E-state index in [1.807, 2.05) is 0 Å². The number of rotatable bonds is 5. The lowest BCUT2D eigenvalue weighted by atomic mass is 10.4. The summed E-state index contributed by atoms with van der Waals surface area (Å²) in [6.45, 7) is 0. The van der Waals surface area contributed by atoms with E-state index >= 15 is 0 Å². The number of nitrogens with one attached hydrogen (secondary N) is 1. The van der Waals surface area contributed by atoms with Crippen LogP contribution in [0.25, 0.3) is 0 Å². The van der Waals surface area contributed by atoms with Crippen LogP contribution in [0.5, 0.6) is 0 Å². The molecule has 1 heterocycles. The number of hydrogen-bond acceptors (Lipinski definition) is 5. The van der Waals surface area contributed by atoms with Gasteiger partial charge in [0.25, 0.3) is 0 Å². The third-order valence-corrected chi connectivity index (χ3v) is 3.20. The summed E-state index contributed by atoms with van der Waals surface area (Å²) in [5, 5.41) is 3.63. The van der Waals surface area contributed by atoms with Crippen molar-refractivity contribution < 1.29 is 4.79 Å². The Hall–Kier alpha value is -1.30. The summed E-state index contributed by atoms with van der Waals surface area (Å²) >= 11 is 1.46. The van der Waals surface area contributed by atoms with Crippen LogP contribution < -0.4 is 11.1 Å². The number of aromatic nitrogens is 2. The van der Waals surface area contributed by atoms with Gasteiger partial charge in [-0.25, -0.2) is 9.97 Å². The predicted octanol–water partition coefficient (Wildman–Crippen LogP) is 0.820. The molecule has 5 nitrogen and oxygen atoms in total. The number of amides is 1. The van der Waals surface area contributed by atoms with Crippen LogP contribution in [0.15, 0.2) is 17.4 Å². The van der Waals surface area contributed by atoms with Gasteiger partial charge in [-0.15, -0.1) is 11.8 Å². The topological polar surface area (TPSA) is 80.9 Å². The van der Waals surface area contributed by atoms with Gasteiger partial charge in [0.05, 0.1) is 0 Å². The van der Waals surface area contributed by atoms with Crippen molar-refractivity contribution in [1.82, 2.24) is 15.3 Å². The monoisotopic (exact) mass is 238 g/mol. The lowest BCUT2D eigenvalue weighted by molar-refractivity contribution is -0.120. The van der Waals surface area contributed by atoms with Crippen molar-refractivity contribution in [2.75, 3.05) is 11.5 Å². The molecule has 0 unspecified atom stereocenters. The highest BCUT2D eigenvalue weighted by Crippen LogP contribution is 2.21. The van der Waals surface area contributed by atoms with Crippen LogP contribution in [0.2, 0.25) is 0 Å². The van der Waals surface area contributed by atoms with E-state index in [0.717, 1.165) is 12.8 Å². The van der Waals surface area contributed by atoms with Gasteiger partial charge in [-0.3, -0.25) is 4.79 Å². The summed E-state index contributed by atoms with van der Waals surface area (Å²) in [6, 6.07) is 0.430. The van der Waals surface area contributed by atoms with Crippen LogP contribution in [0, 0.1) is 0 Å². The summed E-state index contributed by atoms with van der Waals surface area (Å²) < 4.78 is 0. The molecular weight excluding hydrogens is 224 g/mol. The standard InChI is InChI=1S/C10H14N4OS/c11-9-10(13-5-4-12-9)16-6-3-8(15)14-7-1-2-7/h4-5,7H,1-3,6H2,(H2,11,12)(H,14,15). The molecule has 1 aliphatic carbocycles. The maximum atomic E-state index is 11.4. The quantitative estimate of drug-likeness (QED) is 0.742. The minimum absolute atomic E-state index is 0.109. The molecule has 16 heavy (non-hydrogen) atoms. The van der Waals surface area contributed by atoms with Gasteiger partial charge in [-0.05, 0) is 12.8 Å². The second-order valence-corrected chi connectivity index (χ2v) is 4.77. The van der Waals surface area contributed by atoms with Crippen LogP contribution in [-0.4, -0.2) is 27.7 Å². The first-order valence-corrected chi connectivity index (χ1v) is 6.23. The van der Waals surface area contributed by atoms with Gasteiger partial charge in [0.1, 0.15) is 5.03 Å². The predicted molar refractivity (Wildman–Crippen MR) is 63.0 cm³/mol. The Morgan fingerprint density at radius 2 is 2.25 bits per heavy atom. The molecule has 1 saturated carbocycles. The SMILES string of the molecule is Nc1nccnc1SCCC(=O)NC1CC1. The van der Waals surface area contributed by atoms with E-state index in [-0.39, 0.29) is 5.91 Å². The van der Waals surface area contributed by atoms with E-state index in [1.54, 1.807) is 12.4 Å². The number of thioether (sulfide) groups is 1. The smallest absolute Gasteiger partial charge is 0.221 e. The minimum Gasteiger partial charge on any atom is -0.381 e. The fourth-order valence-corrected chi connectivity index (χ4v) is 2.03. The van der Waals surface area contributed by atoms with Crippen LogP contribution >= 0.6 is 11.8 Å². The zero-order chi connectivity index (χ0) is 11.4. The van der Waals surface area contributed by atoms with Crippen molar-refractivity contribution in [3.8, 4) is 0 Å². The summed E-state index contributed by atoms with van der Waals surface area (Å²) in [4.78, 5) is 19.4. The second kappa shape index (κ2) is 5.16. The fraction of sp³-hybridized carbons (Fsp3) is 0.500. The summed E-state index contributed by atoms with van der Waals surface area (Å²) in [6.07, 6.45) is 5.89. The van der Waals surface area contributed by atoms with Crippen molar-refractivity contribution in [2.45, 2.75) is 30.3 Å². The summed E-state index contributed by atoms with van der Waals surface area (Å²) in [5.74, 6) is 1.22. The van der Waals surface area contributed by atoms with Gasteiger partial charge in [0.2, 0.25) is 5.91 Å². The zero-order valence-corrected chi connectivity index (χ0v) is 9.67. The molecule has 0 atom stereocenters. The third-order valence-electron chi connectivity index (χ3n) is 2.20. The van der Waals surface area contributed by atoms with Gasteiger partial charge >= 0.3 is 0 Å². The van der Waals surface area contributed by atoms with Crippen LogP contribution in [0.3, 0.4) is 0 Å². The fourth-order valence-electron chi connectivity index (χ4n) is 1.22. The molecule has 0 bridgehead atoms. The minimum atomic E-state index is 0.109. The van der Waals surface area contributed by atoms with Crippen molar-refractivity contribution in [2.24, 2.45) is 0 Å². The average molecular weight is 238 g/mol. The van der Waals surface area contributed by atoms with E-state index in [4.69, 9.17) is 5.73 Å². The first-order valence-electron chi connectivity index (χ1n) is 5.24. The number of nitrogen functional groups attached to an aromatic ring is 1. The van der Waals surface area contributed by atoms with Crippen LogP contribution in [-0.2, 0) is 4.79 Å². The molecular formula is C10H14N4OS. The van der Waals surface area contributed by atoms with Crippen molar-refractivity contribution in [3.05, 3.63) is 12.4 Å². The van der Waals surface area contributed by atoms with Gasteiger partial charge in [-0.2, -0.15) is 0 Å². The molecule has 0 aliphatic heterocycles. The molecule has 1 aliphatic rings. The normalized spacial score (nSPS) is 14.8. The highest BCUT2D eigenvalue weighted by atomic mass is 32.2. The molecule has 2 rings (SSSR count). The molecule has 1 aromatic heterocycles. The number of anilines is 1. The highest BCUT2D eigenvalue weighted by molar-refractivity contribution is 7.99. The lowest BCUT2D eigenvalue weighted by Gasteiger charge is -2.03. The average Bonchev–Trinajstić information content (AvgIpc) is 3.05. The maximum absolute atomic E-state index is 11.4. The lowest BCUT2D eigenvalue weighted by Crippen LogP contribution is -2.25. The van der Waals surface area contributed by atoms with Gasteiger partial charge in [0, 0.05) is 30.6 Å². The van der Waals surface area contributed by atoms with Crippen LogP contribution in [0.4, 0.5) is 5.82 Å². The van der Waals surface area contributed by atoms with Gasteiger partial charge < -0.3 is 11.1 Å². The van der Waals surface area contributed by atoms with Gasteiger partial charge in [0.15, 0.2) is 5.82 Å². The Bertz CT molecular complexity index is 381. The van der Waals surface area contributed by atoms with E-state index in [1.165, 1.54) is 11.8 Å². The zero-order valence-electron chi connectivity index (χ0n) is 8.85. The molecule has 3 N–H and O–H groups in total. The Labute approximate surface area is 98.2 Å². The first-order chi connectivity index (χ1) is 7.75. The molecule has 1 amide bonds. The number of nitrogens with two attached hydrogens (primary N) is 1. The molecule has 0 radical (unpaired) electrons. The van der Waals surface area contributed by atoms with E-state index in [0.29, 0.717) is 29.1 Å². The molecule has 1 aromatic rings. The number of carbonyl (C=O) groups excluding carboxylic acids is 1. The Balaban J connectivity index is 1.70. The molecule has 0 saturated heterocycles. The molecule has 1 fully saturated rings. The van der Waals surface area contributed by atoms with Crippen molar-refractivity contribution in [1.29, 1.82) is 0 Å². The van der Waals surface area contributed by atoms with Gasteiger partial charge in [-0.1, -0.05) is 0 Å². The van der Waals surface area contributed by atoms with Crippen LogP contribution in [0.1, 0.15) is 19.3 Å². The van der Waals surface area contributed by atoms with E-state index in [9.17, 15) is 4.79 Å². The Morgan fingerprint density at radius 3 is 2.94 bits per heavy atom. The molecule has 0 aromatic carbocycles. The Kier molecular flexibility index (Phi) is 3.61. The van der Waals surface area contributed by atoms with E-state index in [2.05, 4.69) is 15.3 Å². The highest BCUT2D eigenvalue weighted by Gasteiger charge is 2.22. The third kappa shape index (κ3) is 3.37. The maximum Gasteiger partial charge on any atom is 0.221 e. The summed E-state index contributed by atoms with van der Waals surface area (Å²) in [7, 11) is 0. The number of carbonyl (C=O) groups is 1. The molecule has 6 heteroatoms. The molecule has 0 spiro atoms. The Morgan fingerprint density at radius 1 is 1.50 bits per heavy atom. The van der Waals surface area contributed by atoms with E-state index < -0.39 is 0 Å². The molecule has 86 valence electrons. The van der Waals surface area contributed by atoms with Crippen molar-refractivity contribution >= 4 is 23.5 Å². The first kappa shape index (κ1) is 11.2.